The second-order valence-corrected chi connectivity index (χ2v) is 4.97. The molecular weight excluding hydrogens is 252 g/mol. The third-order valence-corrected chi connectivity index (χ3v) is 3.48. The van der Waals surface area contributed by atoms with Gasteiger partial charge in [0.15, 0.2) is 0 Å². The molecule has 1 rings (SSSR count). The number of hydrogen-bond donors (Lipinski definition) is 1. The first kappa shape index (κ1) is 16.5. The summed E-state index contributed by atoms with van der Waals surface area (Å²) in [7, 11) is 1.66. The van der Waals surface area contributed by atoms with E-state index in [4.69, 9.17) is 10.5 Å². The Balaban J connectivity index is 2.61. The number of amides is 1. The standard InChI is InChI=1S/C16H26N2O2/c1-4-18(16(19)6-5-11-17)13(2)12-14-7-9-15(20-3)10-8-14/h7-10,13H,4-6,11-12,17H2,1-3H3. The number of hydrogen-bond acceptors (Lipinski definition) is 3. The molecular formula is C16H26N2O2. The largest absolute Gasteiger partial charge is 0.497 e. The van der Waals surface area contributed by atoms with Gasteiger partial charge in [0.1, 0.15) is 5.75 Å². The van der Waals surface area contributed by atoms with Crippen molar-refractivity contribution in [1.82, 2.24) is 4.90 Å². The van der Waals surface area contributed by atoms with Gasteiger partial charge in [0.05, 0.1) is 7.11 Å². The van der Waals surface area contributed by atoms with E-state index >= 15 is 0 Å². The first-order chi connectivity index (χ1) is 9.62. The van der Waals surface area contributed by atoms with Crippen LogP contribution in [0.2, 0.25) is 0 Å². The van der Waals surface area contributed by atoms with Crippen LogP contribution in [0.3, 0.4) is 0 Å². The third-order valence-electron chi connectivity index (χ3n) is 3.48. The molecule has 112 valence electrons. The van der Waals surface area contributed by atoms with E-state index < -0.39 is 0 Å². The fraction of sp³-hybridized carbons (Fsp3) is 0.562. The number of likely N-dealkylation sites (N-methyl/N-ethyl adjacent to an activating group) is 1. The monoisotopic (exact) mass is 278 g/mol. The van der Waals surface area contributed by atoms with Gasteiger partial charge in [-0.25, -0.2) is 0 Å². The molecule has 0 aliphatic rings. The number of methoxy groups -OCH3 is 1. The summed E-state index contributed by atoms with van der Waals surface area (Å²) in [5.41, 5.74) is 6.67. The number of benzene rings is 1. The molecule has 0 bridgehead atoms. The number of rotatable bonds is 8. The Morgan fingerprint density at radius 1 is 1.35 bits per heavy atom. The minimum atomic E-state index is 0.193. The molecule has 0 aliphatic heterocycles. The SMILES string of the molecule is CCN(C(=O)CCCN)C(C)Cc1ccc(OC)cc1. The van der Waals surface area contributed by atoms with Crippen molar-refractivity contribution in [1.29, 1.82) is 0 Å². The molecule has 1 aromatic rings. The van der Waals surface area contributed by atoms with E-state index in [1.165, 1.54) is 5.56 Å². The molecule has 0 spiro atoms. The molecule has 0 saturated heterocycles. The van der Waals surface area contributed by atoms with Gasteiger partial charge in [-0.2, -0.15) is 0 Å². The van der Waals surface area contributed by atoms with Gasteiger partial charge in [-0.3, -0.25) is 4.79 Å². The minimum Gasteiger partial charge on any atom is -0.497 e. The average Bonchev–Trinajstić information content (AvgIpc) is 2.46. The zero-order valence-corrected chi connectivity index (χ0v) is 12.8. The van der Waals surface area contributed by atoms with Crippen LogP contribution in [0, 0.1) is 0 Å². The highest BCUT2D eigenvalue weighted by Gasteiger charge is 2.18. The minimum absolute atomic E-state index is 0.193. The van der Waals surface area contributed by atoms with E-state index in [1.807, 2.05) is 36.1 Å². The predicted octanol–water partition coefficient (Wildman–Crippen LogP) is 2.21. The summed E-state index contributed by atoms with van der Waals surface area (Å²) in [4.78, 5) is 14.0. The first-order valence-electron chi connectivity index (χ1n) is 7.24. The van der Waals surface area contributed by atoms with Crippen LogP contribution in [0.15, 0.2) is 24.3 Å². The van der Waals surface area contributed by atoms with Crippen LogP contribution in [0.5, 0.6) is 5.75 Å². The molecule has 1 amide bonds. The zero-order chi connectivity index (χ0) is 15.0. The summed E-state index contributed by atoms with van der Waals surface area (Å²) in [5, 5.41) is 0. The average molecular weight is 278 g/mol. The molecule has 0 heterocycles. The van der Waals surface area contributed by atoms with Crippen molar-refractivity contribution in [2.45, 2.75) is 39.2 Å². The van der Waals surface area contributed by atoms with Gasteiger partial charge in [-0.15, -0.1) is 0 Å². The van der Waals surface area contributed by atoms with Crippen LogP contribution in [0.25, 0.3) is 0 Å². The number of carbonyl (C=O) groups excluding carboxylic acids is 1. The summed E-state index contributed by atoms with van der Waals surface area (Å²) in [6.07, 6.45) is 2.15. The molecule has 20 heavy (non-hydrogen) atoms. The summed E-state index contributed by atoms with van der Waals surface area (Å²) in [6, 6.07) is 8.20. The van der Waals surface area contributed by atoms with Crippen LogP contribution in [-0.4, -0.2) is 37.0 Å². The van der Waals surface area contributed by atoms with Gasteiger partial charge in [0, 0.05) is 19.0 Å². The van der Waals surface area contributed by atoms with Crippen LogP contribution in [0.4, 0.5) is 0 Å². The van der Waals surface area contributed by atoms with Crippen molar-refractivity contribution >= 4 is 5.91 Å². The van der Waals surface area contributed by atoms with Gasteiger partial charge in [-0.1, -0.05) is 12.1 Å². The summed E-state index contributed by atoms with van der Waals surface area (Å²) in [6.45, 7) is 5.41. The Labute approximate surface area is 121 Å². The smallest absolute Gasteiger partial charge is 0.222 e. The Hall–Kier alpha value is -1.55. The number of nitrogens with two attached hydrogens (primary N) is 1. The van der Waals surface area contributed by atoms with Crippen molar-refractivity contribution in [3.05, 3.63) is 29.8 Å². The first-order valence-corrected chi connectivity index (χ1v) is 7.24. The van der Waals surface area contributed by atoms with E-state index in [1.54, 1.807) is 7.11 Å². The zero-order valence-electron chi connectivity index (χ0n) is 12.8. The predicted molar refractivity (Wildman–Crippen MR) is 81.8 cm³/mol. The maximum Gasteiger partial charge on any atom is 0.222 e. The molecule has 0 aliphatic carbocycles. The number of nitrogens with zero attached hydrogens (tertiary/aromatic N) is 1. The quantitative estimate of drug-likeness (QED) is 0.793. The molecule has 0 saturated carbocycles. The van der Waals surface area contributed by atoms with Crippen molar-refractivity contribution in [3.8, 4) is 5.75 Å². The van der Waals surface area contributed by atoms with Crippen LogP contribution in [0.1, 0.15) is 32.3 Å². The van der Waals surface area contributed by atoms with Crippen LogP contribution in [-0.2, 0) is 11.2 Å². The highest BCUT2D eigenvalue weighted by Crippen LogP contribution is 2.15. The van der Waals surface area contributed by atoms with Gasteiger partial charge < -0.3 is 15.4 Å². The Kier molecular flexibility index (Phi) is 7.09. The third kappa shape index (κ3) is 4.85. The van der Waals surface area contributed by atoms with E-state index in [0.717, 1.165) is 25.1 Å². The van der Waals surface area contributed by atoms with Gasteiger partial charge in [0.25, 0.3) is 0 Å². The lowest BCUT2D eigenvalue weighted by Gasteiger charge is -2.28. The maximum absolute atomic E-state index is 12.1. The Morgan fingerprint density at radius 3 is 2.50 bits per heavy atom. The fourth-order valence-electron chi connectivity index (χ4n) is 2.34. The molecule has 0 radical (unpaired) electrons. The molecule has 1 unspecified atom stereocenters. The second-order valence-electron chi connectivity index (χ2n) is 4.97. The summed E-state index contributed by atoms with van der Waals surface area (Å²) in [5.74, 6) is 1.05. The fourth-order valence-corrected chi connectivity index (χ4v) is 2.34. The van der Waals surface area contributed by atoms with E-state index in [2.05, 4.69) is 6.92 Å². The highest BCUT2D eigenvalue weighted by molar-refractivity contribution is 5.76. The lowest BCUT2D eigenvalue weighted by atomic mass is 10.1. The lowest BCUT2D eigenvalue weighted by Crippen LogP contribution is -2.39. The van der Waals surface area contributed by atoms with E-state index in [0.29, 0.717) is 13.0 Å². The Bertz CT molecular complexity index is 403. The van der Waals surface area contributed by atoms with Gasteiger partial charge in [-0.05, 0) is 50.9 Å². The second kappa shape index (κ2) is 8.59. The van der Waals surface area contributed by atoms with E-state index in [-0.39, 0.29) is 11.9 Å². The number of carbonyl (C=O) groups is 1. The molecule has 0 aromatic heterocycles. The van der Waals surface area contributed by atoms with Gasteiger partial charge in [0.2, 0.25) is 5.91 Å². The maximum atomic E-state index is 12.1. The lowest BCUT2D eigenvalue weighted by molar-refractivity contribution is -0.133. The molecule has 2 N–H and O–H groups in total. The van der Waals surface area contributed by atoms with Crippen molar-refractivity contribution in [2.75, 3.05) is 20.2 Å². The van der Waals surface area contributed by atoms with Crippen LogP contribution >= 0.6 is 0 Å². The van der Waals surface area contributed by atoms with Crippen molar-refractivity contribution < 1.29 is 9.53 Å². The number of ether oxygens (including phenoxy) is 1. The molecule has 4 heteroatoms. The van der Waals surface area contributed by atoms with Crippen molar-refractivity contribution in [3.63, 3.8) is 0 Å². The van der Waals surface area contributed by atoms with Crippen molar-refractivity contribution in [2.24, 2.45) is 5.73 Å². The summed E-state index contributed by atoms with van der Waals surface area (Å²) >= 11 is 0. The molecule has 0 fully saturated rings. The normalized spacial score (nSPS) is 12.0. The molecule has 1 atom stereocenters. The molecule has 4 nitrogen and oxygen atoms in total. The Morgan fingerprint density at radius 2 is 2.00 bits per heavy atom. The highest BCUT2D eigenvalue weighted by atomic mass is 16.5. The topological polar surface area (TPSA) is 55.6 Å². The molecule has 1 aromatic carbocycles. The van der Waals surface area contributed by atoms with E-state index in [9.17, 15) is 4.79 Å². The summed E-state index contributed by atoms with van der Waals surface area (Å²) < 4.78 is 5.15. The van der Waals surface area contributed by atoms with Crippen LogP contribution < -0.4 is 10.5 Å². The van der Waals surface area contributed by atoms with Gasteiger partial charge >= 0.3 is 0 Å².